The maximum absolute atomic E-state index is 11.9. The van der Waals surface area contributed by atoms with Crippen molar-refractivity contribution >= 4 is 11.9 Å². The molecule has 4 atom stereocenters. The topological polar surface area (TPSA) is 82.1 Å². The van der Waals surface area contributed by atoms with Gasteiger partial charge in [-0.1, -0.05) is 12.2 Å². The van der Waals surface area contributed by atoms with Gasteiger partial charge in [0, 0.05) is 11.8 Å². The van der Waals surface area contributed by atoms with E-state index in [1.165, 1.54) is 7.11 Å². The summed E-state index contributed by atoms with van der Waals surface area (Å²) in [6, 6.07) is 0. The molecule has 3 aliphatic carbocycles. The van der Waals surface area contributed by atoms with Gasteiger partial charge in [0.1, 0.15) is 0 Å². The van der Waals surface area contributed by atoms with Crippen LogP contribution in [0.2, 0.25) is 0 Å². The van der Waals surface area contributed by atoms with Crippen molar-refractivity contribution in [1.29, 1.82) is 0 Å². The lowest BCUT2D eigenvalue weighted by atomic mass is 9.68. The molecule has 0 unspecified atom stereocenters. The van der Waals surface area contributed by atoms with Gasteiger partial charge in [-0.2, -0.15) is 0 Å². The van der Waals surface area contributed by atoms with Gasteiger partial charge in [-0.05, 0) is 13.8 Å². The zero-order valence-electron chi connectivity index (χ0n) is 11.5. The molecule has 20 heavy (non-hydrogen) atoms. The SMILES string of the molecule is COC(=O)C1=C(C(=O)O)[C@H]2C=C[C@H]1[C@H]1OC(C)(C)O[C@@H]12. The molecule has 1 N–H and O–H groups in total. The minimum atomic E-state index is -1.11. The molecule has 1 fully saturated rings. The number of carbonyl (C=O) groups is 2. The molecule has 1 heterocycles. The predicted octanol–water partition coefficient (Wildman–Crippen LogP) is 0.876. The molecule has 0 aromatic rings. The zero-order valence-corrected chi connectivity index (χ0v) is 11.5. The van der Waals surface area contributed by atoms with Crippen LogP contribution in [0.25, 0.3) is 0 Å². The van der Waals surface area contributed by atoms with Crippen molar-refractivity contribution in [2.24, 2.45) is 11.8 Å². The summed E-state index contributed by atoms with van der Waals surface area (Å²) in [5.74, 6) is -3.44. The van der Waals surface area contributed by atoms with Gasteiger partial charge < -0.3 is 19.3 Å². The van der Waals surface area contributed by atoms with Crippen LogP contribution in [0.3, 0.4) is 0 Å². The van der Waals surface area contributed by atoms with Gasteiger partial charge in [-0.15, -0.1) is 0 Å². The molecule has 0 radical (unpaired) electrons. The summed E-state index contributed by atoms with van der Waals surface area (Å²) in [6.45, 7) is 3.56. The smallest absolute Gasteiger partial charge is 0.335 e. The molecule has 6 heteroatoms. The number of methoxy groups -OCH3 is 1. The molecule has 6 nitrogen and oxygen atoms in total. The van der Waals surface area contributed by atoms with Crippen LogP contribution in [0.4, 0.5) is 0 Å². The third kappa shape index (κ3) is 1.72. The van der Waals surface area contributed by atoms with Crippen LogP contribution in [0, 0.1) is 11.8 Å². The molecule has 0 saturated carbocycles. The molecule has 2 bridgehead atoms. The third-order valence-electron chi connectivity index (χ3n) is 3.99. The Morgan fingerprint density at radius 1 is 1.15 bits per heavy atom. The van der Waals surface area contributed by atoms with Crippen LogP contribution in [0.1, 0.15) is 13.8 Å². The highest BCUT2D eigenvalue weighted by Gasteiger charge is 2.57. The van der Waals surface area contributed by atoms with Crippen LogP contribution in [-0.4, -0.2) is 42.1 Å². The zero-order chi connectivity index (χ0) is 14.7. The van der Waals surface area contributed by atoms with Gasteiger partial charge in [0.2, 0.25) is 0 Å². The Labute approximate surface area is 116 Å². The number of hydrogen-bond donors (Lipinski definition) is 1. The summed E-state index contributed by atoms with van der Waals surface area (Å²) in [7, 11) is 1.24. The summed E-state index contributed by atoms with van der Waals surface area (Å²) in [5, 5.41) is 9.43. The Kier molecular flexibility index (Phi) is 2.78. The second kappa shape index (κ2) is 4.17. The minimum Gasteiger partial charge on any atom is -0.478 e. The Bertz CT molecular complexity index is 544. The first kappa shape index (κ1) is 13.3. The van der Waals surface area contributed by atoms with Gasteiger partial charge in [-0.25, -0.2) is 9.59 Å². The Morgan fingerprint density at radius 3 is 2.10 bits per heavy atom. The number of carboxylic acid groups (broad SMARTS) is 1. The van der Waals surface area contributed by atoms with E-state index < -0.39 is 29.6 Å². The predicted molar refractivity (Wildman–Crippen MR) is 66.6 cm³/mol. The van der Waals surface area contributed by atoms with E-state index in [4.69, 9.17) is 14.2 Å². The molecule has 0 aromatic carbocycles. The Balaban J connectivity index is 2.09. The number of aliphatic carboxylic acids is 1. The quantitative estimate of drug-likeness (QED) is 0.597. The van der Waals surface area contributed by atoms with Gasteiger partial charge in [0.25, 0.3) is 0 Å². The lowest BCUT2D eigenvalue weighted by Gasteiger charge is -2.39. The van der Waals surface area contributed by atoms with E-state index in [2.05, 4.69) is 0 Å². The lowest BCUT2D eigenvalue weighted by molar-refractivity contribution is -0.149. The molecule has 0 spiro atoms. The van der Waals surface area contributed by atoms with Crippen molar-refractivity contribution in [2.75, 3.05) is 7.11 Å². The van der Waals surface area contributed by atoms with Crippen molar-refractivity contribution < 1.29 is 28.9 Å². The summed E-state index contributed by atoms with van der Waals surface area (Å²) >= 11 is 0. The normalized spacial score (nSPS) is 37.0. The van der Waals surface area contributed by atoms with E-state index >= 15 is 0 Å². The summed E-state index contributed by atoms with van der Waals surface area (Å²) in [5.41, 5.74) is 0.238. The monoisotopic (exact) mass is 280 g/mol. The standard InChI is InChI=1S/C14H16O6/c1-14(2)19-10-6-4-5-7(11(10)20-14)9(13(17)18-3)8(6)12(15)16/h4-7,10-11H,1-3H3,(H,15,16)/t6-,7-,10-,11-/m1/s1. The first-order chi connectivity index (χ1) is 9.35. The second-order valence-corrected chi connectivity index (χ2v) is 5.63. The number of hydrogen-bond acceptors (Lipinski definition) is 5. The van der Waals surface area contributed by atoms with Gasteiger partial charge in [0.15, 0.2) is 5.79 Å². The largest absolute Gasteiger partial charge is 0.478 e. The average Bonchev–Trinajstić information content (AvgIpc) is 2.73. The average molecular weight is 280 g/mol. The van der Waals surface area contributed by atoms with Crippen LogP contribution in [0.5, 0.6) is 0 Å². The highest BCUT2D eigenvalue weighted by atomic mass is 16.8. The maximum Gasteiger partial charge on any atom is 0.335 e. The van der Waals surface area contributed by atoms with Crippen LogP contribution in [0.15, 0.2) is 23.3 Å². The molecule has 108 valence electrons. The summed E-state index contributed by atoms with van der Waals surface area (Å²) in [4.78, 5) is 23.5. The molecular weight excluding hydrogens is 264 g/mol. The van der Waals surface area contributed by atoms with Gasteiger partial charge >= 0.3 is 11.9 Å². The van der Waals surface area contributed by atoms with E-state index in [1.54, 1.807) is 19.9 Å². The number of ether oxygens (including phenoxy) is 3. The fourth-order valence-electron chi connectivity index (χ4n) is 3.32. The molecule has 0 aromatic heterocycles. The maximum atomic E-state index is 11.9. The minimum absolute atomic E-state index is 0.0619. The van der Waals surface area contributed by atoms with Crippen molar-refractivity contribution in [3.8, 4) is 0 Å². The molecular formula is C14H16O6. The first-order valence-electron chi connectivity index (χ1n) is 6.45. The Morgan fingerprint density at radius 2 is 1.65 bits per heavy atom. The van der Waals surface area contributed by atoms with E-state index in [9.17, 15) is 14.7 Å². The van der Waals surface area contributed by atoms with Gasteiger partial charge in [0.05, 0.1) is 30.5 Å². The first-order valence-corrected chi connectivity index (χ1v) is 6.45. The van der Waals surface area contributed by atoms with E-state index in [-0.39, 0.29) is 23.4 Å². The van der Waals surface area contributed by atoms with Crippen molar-refractivity contribution in [1.82, 2.24) is 0 Å². The van der Waals surface area contributed by atoms with E-state index in [1.807, 2.05) is 6.08 Å². The highest BCUT2D eigenvalue weighted by Crippen LogP contribution is 2.49. The summed E-state index contributed by atoms with van der Waals surface area (Å²) in [6.07, 6.45) is 2.87. The van der Waals surface area contributed by atoms with E-state index in [0.29, 0.717) is 0 Å². The van der Waals surface area contributed by atoms with Crippen molar-refractivity contribution in [2.45, 2.75) is 31.8 Å². The number of esters is 1. The van der Waals surface area contributed by atoms with Crippen LogP contribution < -0.4 is 0 Å². The lowest BCUT2D eigenvalue weighted by Crippen LogP contribution is -2.48. The van der Waals surface area contributed by atoms with Crippen molar-refractivity contribution in [3.05, 3.63) is 23.3 Å². The fourth-order valence-corrected chi connectivity index (χ4v) is 3.32. The third-order valence-corrected chi connectivity index (χ3v) is 3.99. The van der Waals surface area contributed by atoms with Crippen LogP contribution in [-0.2, 0) is 23.8 Å². The summed E-state index contributed by atoms with van der Waals surface area (Å²) < 4.78 is 16.4. The Hall–Kier alpha value is -1.66. The highest BCUT2D eigenvalue weighted by molar-refractivity contribution is 6.02. The van der Waals surface area contributed by atoms with E-state index in [0.717, 1.165) is 0 Å². The second-order valence-electron chi connectivity index (χ2n) is 5.63. The van der Waals surface area contributed by atoms with Crippen molar-refractivity contribution in [3.63, 3.8) is 0 Å². The molecule has 4 aliphatic rings. The number of carboxylic acids is 1. The molecule has 1 aliphatic heterocycles. The number of carbonyl (C=O) groups excluding carboxylic acids is 1. The van der Waals surface area contributed by atoms with Gasteiger partial charge in [-0.3, -0.25) is 0 Å². The molecule has 4 rings (SSSR count). The number of rotatable bonds is 2. The fraction of sp³-hybridized carbons (Fsp3) is 0.571. The molecule has 0 amide bonds. The van der Waals surface area contributed by atoms with Crippen LogP contribution >= 0.6 is 0 Å². The molecule has 1 saturated heterocycles.